The van der Waals surface area contributed by atoms with Gasteiger partial charge < -0.3 is 4.74 Å². The van der Waals surface area contributed by atoms with Gasteiger partial charge in [0.2, 0.25) is 0 Å². The number of carbonyl (C=O) groups excluding carboxylic acids is 1. The van der Waals surface area contributed by atoms with E-state index in [2.05, 4.69) is 5.10 Å². The predicted octanol–water partition coefficient (Wildman–Crippen LogP) is 2.69. The Labute approximate surface area is 127 Å². The third-order valence-electron chi connectivity index (χ3n) is 2.96. The van der Waals surface area contributed by atoms with Crippen molar-refractivity contribution in [2.45, 2.75) is 19.9 Å². The Kier molecular flexibility index (Phi) is 4.75. The number of carbonyl (C=O) groups is 1. The fourth-order valence-electron chi connectivity index (χ4n) is 1.84. The number of halogens is 1. The molecule has 0 aliphatic carbocycles. The summed E-state index contributed by atoms with van der Waals surface area (Å²) in [7, 11) is 0. The van der Waals surface area contributed by atoms with E-state index in [1.54, 1.807) is 44.2 Å². The first-order valence-corrected chi connectivity index (χ1v) is 6.93. The number of benzene rings is 1. The second-order valence-corrected chi connectivity index (χ2v) is 4.87. The normalized spacial score (nSPS) is 12.0. The van der Waals surface area contributed by atoms with E-state index >= 15 is 0 Å². The first kappa shape index (κ1) is 15.3. The highest BCUT2D eigenvalue weighted by Crippen LogP contribution is 2.19. The summed E-state index contributed by atoms with van der Waals surface area (Å²) in [6, 6.07) is 9.30. The summed E-state index contributed by atoms with van der Waals surface area (Å²) in [6.07, 6.45) is 0. The Balaban J connectivity index is 2.39. The Hall–Kier alpha value is -2.14. The van der Waals surface area contributed by atoms with Crippen molar-refractivity contribution in [2.24, 2.45) is 0 Å². The van der Waals surface area contributed by atoms with Gasteiger partial charge in [-0.15, -0.1) is 0 Å². The van der Waals surface area contributed by atoms with Crippen molar-refractivity contribution in [3.8, 4) is 11.3 Å². The SMILES string of the molecule is CCOC(=O)C(C)n1nc(-c2ccc(Cl)cc2)ccc1=O. The molecule has 0 saturated heterocycles. The third kappa shape index (κ3) is 3.49. The fraction of sp³-hybridized carbons (Fsp3) is 0.267. The van der Waals surface area contributed by atoms with Crippen molar-refractivity contribution < 1.29 is 9.53 Å². The number of hydrogen-bond donors (Lipinski definition) is 0. The highest BCUT2D eigenvalue weighted by Gasteiger charge is 2.18. The quantitative estimate of drug-likeness (QED) is 0.815. The van der Waals surface area contributed by atoms with Gasteiger partial charge in [-0.3, -0.25) is 4.79 Å². The van der Waals surface area contributed by atoms with E-state index in [0.717, 1.165) is 10.2 Å². The van der Waals surface area contributed by atoms with Crippen LogP contribution in [0.4, 0.5) is 0 Å². The van der Waals surface area contributed by atoms with E-state index in [0.29, 0.717) is 10.7 Å². The standard InChI is InChI=1S/C15H15ClN2O3/c1-3-21-15(20)10(2)18-14(19)9-8-13(17-18)11-4-6-12(16)7-5-11/h4-10H,3H2,1-2H3. The van der Waals surface area contributed by atoms with Gasteiger partial charge in [0.1, 0.15) is 0 Å². The topological polar surface area (TPSA) is 61.2 Å². The van der Waals surface area contributed by atoms with Gasteiger partial charge in [0.05, 0.1) is 12.3 Å². The van der Waals surface area contributed by atoms with Gasteiger partial charge >= 0.3 is 5.97 Å². The van der Waals surface area contributed by atoms with Crippen LogP contribution in [0.5, 0.6) is 0 Å². The van der Waals surface area contributed by atoms with E-state index in [1.165, 1.54) is 6.07 Å². The van der Waals surface area contributed by atoms with E-state index in [9.17, 15) is 9.59 Å². The summed E-state index contributed by atoms with van der Waals surface area (Å²) >= 11 is 5.85. The Morgan fingerprint density at radius 1 is 1.29 bits per heavy atom. The maximum Gasteiger partial charge on any atom is 0.330 e. The summed E-state index contributed by atoms with van der Waals surface area (Å²) in [6.45, 7) is 3.55. The lowest BCUT2D eigenvalue weighted by Crippen LogP contribution is -2.31. The van der Waals surface area contributed by atoms with Gasteiger partial charge in [-0.25, -0.2) is 9.48 Å². The van der Waals surface area contributed by atoms with Gasteiger partial charge in [0, 0.05) is 16.7 Å². The van der Waals surface area contributed by atoms with E-state index < -0.39 is 12.0 Å². The second-order valence-electron chi connectivity index (χ2n) is 4.44. The summed E-state index contributed by atoms with van der Waals surface area (Å²) in [5.74, 6) is -0.486. The molecular weight excluding hydrogens is 292 g/mol. The average molecular weight is 307 g/mol. The summed E-state index contributed by atoms with van der Waals surface area (Å²) in [4.78, 5) is 23.6. The zero-order valence-corrected chi connectivity index (χ0v) is 12.5. The van der Waals surface area contributed by atoms with Crippen molar-refractivity contribution >= 4 is 17.6 Å². The molecular formula is C15H15ClN2O3. The first-order valence-electron chi connectivity index (χ1n) is 6.55. The summed E-state index contributed by atoms with van der Waals surface area (Å²) < 4.78 is 6.05. The van der Waals surface area contributed by atoms with Crippen LogP contribution in [0.15, 0.2) is 41.2 Å². The van der Waals surface area contributed by atoms with Crippen LogP contribution in [0.1, 0.15) is 19.9 Å². The number of ether oxygens (including phenoxy) is 1. The number of rotatable bonds is 4. The number of hydrogen-bond acceptors (Lipinski definition) is 4. The number of nitrogens with zero attached hydrogens (tertiary/aromatic N) is 2. The van der Waals surface area contributed by atoms with Crippen LogP contribution in [0.3, 0.4) is 0 Å². The molecule has 0 fully saturated rings. The lowest BCUT2D eigenvalue weighted by Gasteiger charge is -2.13. The minimum Gasteiger partial charge on any atom is -0.464 e. The average Bonchev–Trinajstić information content (AvgIpc) is 2.48. The molecule has 0 radical (unpaired) electrons. The zero-order chi connectivity index (χ0) is 15.4. The summed E-state index contributed by atoms with van der Waals surface area (Å²) in [5, 5.41) is 4.85. The Morgan fingerprint density at radius 3 is 2.57 bits per heavy atom. The Bertz CT molecular complexity index is 695. The Morgan fingerprint density at radius 2 is 1.95 bits per heavy atom. The zero-order valence-electron chi connectivity index (χ0n) is 11.7. The molecule has 21 heavy (non-hydrogen) atoms. The molecule has 1 aromatic heterocycles. The molecule has 2 rings (SSSR count). The molecule has 0 N–H and O–H groups in total. The highest BCUT2D eigenvalue weighted by atomic mass is 35.5. The minimum absolute atomic E-state index is 0.259. The largest absolute Gasteiger partial charge is 0.464 e. The molecule has 5 nitrogen and oxygen atoms in total. The molecule has 0 aliphatic rings. The van der Waals surface area contributed by atoms with Crippen LogP contribution >= 0.6 is 11.6 Å². The maximum absolute atomic E-state index is 11.9. The summed E-state index contributed by atoms with van der Waals surface area (Å²) in [5.41, 5.74) is 1.04. The van der Waals surface area contributed by atoms with Crippen molar-refractivity contribution in [1.29, 1.82) is 0 Å². The molecule has 1 atom stereocenters. The van der Waals surface area contributed by atoms with Crippen LogP contribution in [-0.4, -0.2) is 22.4 Å². The third-order valence-corrected chi connectivity index (χ3v) is 3.21. The first-order chi connectivity index (χ1) is 10.0. The van der Waals surface area contributed by atoms with Crippen LogP contribution < -0.4 is 5.56 Å². The molecule has 110 valence electrons. The molecule has 0 spiro atoms. The van der Waals surface area contributed by atoms with Crippen LogP contribution in [0.2, 0.25) is 5.02 Å². The van der Waals surface area contributed by atoms with Crippen LogP contribution in [0, 0.1) is 0 Å². The van der Waals surface area contributed by atoms with Crippen LogP contribution in [0.25, 0.3) is 11.3 Å². The minimum atomic E-state index is -0.773. The molecule has 2 aromatic rings. The van der Waals surface area contributed by atoms with Crippen molar-refractivity contribution in [3.05, 3.63) is 51.8 Å². The molecule has 1 heterocycles. The fourth-order valence-corrected chi connectivity index (χ4v) is 1.97. The molecule has 0 bridgehead atoms. The molecule has 1 aromatic carbocycles. The van der Waals surface area contributed by atoms with E-state index in [1.807, 2.05) is 0 Å². The second kappa shape index (κ2) is 6.54. The van der Waals surface area contributed by atoms with Crippen molar-refractivity contribution in [3.63, 3.8) is 0 Å². The maximum atomic E-state index is 11.9. The van der Waals surface area contributed by atoms with Gasteiger partial charge in [-0.1, -0.05) is 23.7 Å². The lowest BCUT2D eigenvalue weighted by molar-refractivity contribution is -0.147. The molecule has 6 heteroatoms. The number of aromatic nitrogens is 2. The van der Waals surface area contributed by atoms with Gasteiger partial charge in [0.15, 0.2) is 6.04 Å². The van der Waals surface area contributed by atoms with Crippen molar-refractivity contribution in [2.75, 3.05) is 6.61 Å². The predicted molar refractivity (Wildman–Crippen MR) is 80.3 cm³/mol. The smallest absolute Gasteiger partial charge is 0.330 e. The molecule has 1 unspecified atom stereocenters. The molecule has 0 saturated carbocycles. The molecule has 0 aliphatic heterocycles. The van der Waals surface area contributed by atoms with E-state index in [4.69, 9.17) is 16.3 Å². The lowest BCUT2D eigenvalue weighted by atomic mass is 10.1. The number of esters is 1. The highest BCUT2D eigenvalue weighted by molar-refractivity contribution is 6.30. The van der Waals surface area contributed by atoms with Gasteiger partial charge in [-0.2, -0.15) is 5.10 Å². The van der Waals surface area contributed by atoms with Crippen LogP contribution in [-0.2, 0) is 9.53 Å². The van der Waals surface area contributed by atoms with Crippen molar-refractivity contribution in [1.82, 2.24) is 9.78 Å². The molecule has 0 amide bonds. The monoisotopic (exact) mass is 306 g/mol. The van der Waals surface area contributed by atoms with Gasteiger partial charge in [-0.05, 0) is 32.0 Å². The van der Waals surface area contributed by atoms with Gasteiger partial charge in [0.25, 0.3) is 5.56 Å². The van der Waals surface area contributed by atoms with E-state index in [-0.39, 0.29) is 12.2 Å².